The minimum Gasteiger partial charge on any atom is -0.476 e. The molecule has 1 N–H and O–H groups in total. The molecule has 0 aliphatic heterocycles. The third-order valence-corrected chi connectivity index (χ3v) is 5.52. The van der Waals surface area contributed by atoms with E-state index in [9.17, 15) is 9.59 Å². The number of aryl methyl sites for hydroxylation is 2. The average Bonchev–Trinajstić information content (AvgIpc) is 2.80. The van der Waals surface area contributed by atoms with Gasteiger partial charge in [-0.05, 0) is 61.4 Å². The summed E-state index contributed by atoms with van der Waals surface area (Å²) >= 11 is 0. The van der Waals surface area contributed by atoms with Gasteiger partial charge in [0.15, 0.2) is 12.4 Å². The average molecular weight is 443 g/mol. The van der Waals surface area contributed by atoms with E-state index >= 15 is 0 Å². The Morgan fingerprint density at radius 1 is 0.970 bits per heavy atom. The summed E-state index contributed by atoms with van der Waals surface area (Å²) in [7, 11) is 3.90. The molecule has 3 aromatic carbocycles. The molecule has 0 aliphatic rings. The molecule has 0 atom stereocenters. The Hall–Kier alpha value is -4.06. The van der Waals surface area contributed by atoms with Crippen LogP contribution in [0.5, 0.6) is 5.75 Å². The first kappa shape index (κ1) is 22.1. The lowest BCUT2D eigenvalue weighted by molar-refractivity contribution is -0.118. The quantitative estimate of drug-likeness (QED) is 0.447. The molecule has 168 valence electrons. The SMILES string of the molecule is Cc1cc2oc(-c3ccccc3)c(OCC(=O)Nc3ccc(N(C)C)cc3)c(=O)c2cc1C. The fraction of sp³-hybridized carbons (Fsp3) is 0.185. The number of anilines is 2. The number of nitrogens with zero attached hydrogens (tertiary/aromatic N) is 1. The molecule has 0 spiro atoms. The molecule has 4 rings (SSSR count). The normalized spacial score (nSPS) is 10.8. The zero-order valence-corrected chi connectivity index (χ0v) is 19.1. The third kappa shape index (κ3) is 4.75. The zero-order chi connectivity index (χ0) is 23.5. The van der Waals surface area contributed by atoms with E-state index < -0.39 is 0 Å². The van der Waals surface area contributed by atoms with E-state index in [0.29, 0.717) is 28.0 Å². The van der Waals surface area contributed by atoms with Crippen LogP contribution in [0.4, 0.5) is 11.4 Å². The van der Waals surface area contributed by atoms with Crippen LogP contribution in [-0.4, -0.2) is 26.6 Å². The minimum absolute atomic E-state index is 0.0232. The van der Waals surface area contributed by atoms with Crippen molar-refractivity contribution in [3.8, 4) is 17.1 Å². The van der Waals surface area contributed by atoms with Gasteiger partial charge in [-0.25, -0.2) is 0 Å². The fourth-order valence-electron chi connectivity index (χ4n) is 3.52. The molecule has 0 fully saturated rings. The maximum Gasteiger partial charge on any atom is 0.262 e. The molecule has 0 bridgehead atoms. The second kappa shape index (κ2) is 9.20. The largest absolute Gasteiger partial charge is 0.476 e. The summed E-state index contributed by atoms with van der Waals surface area (Å²) in [4.78, 5) is 27.9. The highest BCUT2D eigenvalue weighted by atomic mass is 16.5. The number of carbonyl (C=O) groups is 1. The van der Waals surface area contributed by atoms with Crippen molar-refractivity contribution in [2.45, 2.75) is 13.8 Å². The molecule has 0 aliphatic carbocycles. The summed E-state index contributed by atoms with van der Waals surface area (Å²) in [5.74, 6) is -0.0410. The number of hydrogen-bond acceptors (Lipinski definition) is 5. The van der Waals surface area contributed by atoms with Crippen LogP contribution in [0.15, 0.2) is 75.9 Å². The van der Waals surface area contributed by atoms with Crippen LogP contribution in [0.1, 0.15) is 11.1 Å². The highest BCUT2D eigenvalue weighted by Crippen LogP contribution is 2.31. The minimum atomic E-state index is -0.369. The van der Waals surface area contributed by atoms with Gasteiger partial charge < -0.3 is 19.4 Å². The predicted molar refractivity (Wildman–Crippen MR) is 132 cm³/mol. The molecule has 0 radical (unpaired) electrons. The van der Waals surface area contributed by atoms with Crippen LogP contribution in [0.25, 0.3) is 22.3 Å². The number of hydrogen-bond donors (Lipinski definition) is 1. The highest BCUT2D eigenvalue weighted by Gasteiger charge is 2.19. The van der Waals surface area contributed by atoms with E-state index in [1.165, 1.54) is 0 Å². The van der Waals surface area contributed by atoms with E-state index in [0.717, 1.165) is 16.8 Å². The van der Waals surface area contributed by atoms with Crippen molar-refractivity contribution in [2.75, 3.05) is 30.9 Å². The Labute approximate surface area is 192 Å². The van der Waals surface area contributed by atoms with E-state index in [1.54, 1.807) is 6.07 Å². The van der Waals surface area contributed by atoms with E-state index in [4.69, 9.17) is 9.15 Å². The van der Waals surface area contributed by atoms with Crippen molar-refractivity contribution in [2.24, 2.45) is 0 Å². The number of rotatable bonds is 6. The van der Waals surface area contributed by atoms with Gasteiger partial charge in [0, 0.05) is 31.0 Å². The van der Waals surface area contributed by atoms with Crippen LogP contribution in [0.2, 0.25) is 0 Å². The maximum absolute atomic E-state index is 13.3. The van der Waals surface area contributed by atoms with E-state index in [2.05, 4.69) is 5.32 Å². The van der Waals surface area contributed by atoms with Gasteiger partial charge in [-0.15, -0.1) is 0 Å². The second-order valence-electron chi connectivity index (χ2n) is 8.17. The Balaban J connectivity index is 1.64. The first-order valence-electron chi connectivity index (χ1n) is 10.7. The summed E-state index contributed by atoms with van der Waals surface area (Å²) in [5, 5.41) is 3.22. The molecule has 0 unspecified atom stereocenters. The van der Waals surface area contributed by atoms with Crippen LogP contribution >= 0.6 is 0 Å². The molecule has 4 aromatic rings. The van der Waals surface area contributed by atoms with Gasteiger partial charge in [0.05, 0.1) is 5.39 Å². The lowest BCUT2D eigenvalue weighted by atomic mass is 10.0. The summed E-state index contributed by atoms with van der Waals surface area (Å²) in [6.45, 7) is 3.59. The molecule has 1 amide bonds. The molecule has 1 heterocycles. The monoisotopic (exact) mass is 442 g/mol. The molecular weight excluding hydrogens is 416 g/mol. The maximum atomic E-state index is 13.3. The first-order valence-corrected chi connectivity index (χ1v) is 10.7. The summed E-state index contributed by atoms with van der Waals surface area (Å²) in [5.41, 5.74) is 4.56. The molecule has 0 saturated carbocycles. The lowest BCUT2D eigenvalue weighted by Gasteiger charge is -2.14. The topological polar surface area (TPSA) is 71.8 Å². The smallest absolute Gasteiger partial charge is 0.262 e. The van der Waals surface area contributed by atoms with Gasteiger partial charge in [-0.1, -0.05) is 30.3 Å². The van der Waals surface area contributed by atoms with Gasteiger partial charge >= 0.3 is 0 Å². The Bertz CT molecular complexity index is 1360. The lowest BCUT2D eigenvalue weighted by Crippen LogP contribution is -2.22. The number of fused-ring (bicyclic) bond motifs is 1. The van der Waals surface area contributed by atoms with Crippen molar-refractivity contribution in [3.63, 3.8) is 0 Å². The van der Waals surface area contributed by atoms with Crippen LogP contribution in [0, 0.1) is 13.8 Å². The second-order valence-corrected chi connectivity index (χ2v) is 8.17. The molecule has 1 aromatic heterocycles. The highest BCUT2D eigenvalue weighted by molar-refractivity contribution is 5.92. The molecule has 6 heteroatoms. The molecule has 33 heavy (non-hydrogen) atoms. The number of carbonyl (C=O) groups excluding carboxylic acids is 1. The molecule has 6 nitrogen and oxygen atoms in total. The Kier molecular flexibility index (Phi) is 6.18. The van der Waals surface area contributed by atoms with Gasteiger partial charge in [0.25, 0.3) is 5.91 Å². The standard InChI is InChI=1S/C27H26N2O4/c1-17-14-22-23(15-18(17)2)33-26(19-8-6-5-7-9-19)27(25(22)31)32-16-24(30)28-20-10-12-21(13-11-20)29(3)4/h5-15H,16H2,1-4H3,(H,28,30). The van der Waals surface area contributed by atoms with Gasteiger partial charge in [-0.2, -0.15) is 0 Å². The fourth-order valence-corrected chi connectivity index (χ4v) is 3.52. The number of benzene rings is 3. The summed E-state index contributed by atoms with van der Waals surface area (Å²) < 4.78 is 11.9. The third-order valence-electron chi connectivity index (χ3n) is 5.52. The van der Waals surface area contributed by atoms with Crippen molar-refractivity contribution < 1.29 is 13.9 Å². The van der Waals surface area contributed by atoms with Gasteiger partial charge in [0.2, 0.25) is 11.2 Å². The van der Waals surface area contributed by atoms with Gasteiger partial charge in [0.1, 0.15) is 5.58 Å². The summed E-state index contributed by atoms with van der Waals surface area (Å²) in [6, 6.07) is 20.4. The Morgan fingerprint density at radius 2 is 1.64 bits per heavy atom. The summed E-state index contributed by atoms with van der Waals surface area (Å²) in [6.07, 6.45) is 0. The van der Waals surface area contributed by atoms with Gasteiger partial charge in [-0.3, -0.25) is 9.59 Å². The number of amides is 1. The molecule has 0 saturated heterocycles. The molecular formula is C27H26N2O4. The zero-order valence-electron chi connectivity index (χ0n) is 19.1. The van der Waals surface area contributed by atoms with Crippen molar-refractivity contribution in [1.82, 2.24) is 0 Å². The predicted octanol–water partition coefficient (Wildman–Crippen LogP) is 5.16. The van der Waals surface area contributed by atoms with E-state index in [-0.39, 0.29) is 23.7 Å². The van der Waals surface area contributed by atoms with Crippen LogP contribution < -0.4 is 20.4 Å². The first-order chi connectivity index (χ1) is 15.8. The van der Waals surface area contributed by atoms with Crippen molar-refractivity contribution in [3.05, 3.63) is 88.1 Å². The van der Waals surface area contributed by atoms with Crippen molar-refractivity contribution >= 4 is 28.3 Å². The Morgan fingerprint density at radius 3 is 2.30 bits per heavy atom. The van der Waals surface area contributed by atoms with Crippen LogP contribution in [0.3, 0.4) is 0 Å². The number of ether oxygens (including phenoxy) is 1. The number of nitrogens with one attached hydrogen (secondary N) is 1. The van der Waals surface area contributed by atoms with E-state index in [1.807, 2.05) is 93.5 Å². The van der Waals surface area contributed by atoms with Crippen molar-refractivity contribution in [1.29, 1.82) is 0 Å². The van der Waals surface area contributed by atoms with Crippen LogP contribution in [-0.2, 0) is 4.79 Å².